The molecule has 1 aromatic heterocycles. The van der Waals surface area contributed by atoms with E-state index in [-0.39, 0.29) is 30.3 Å². The number of carbonyl (C=O) groups is 3. The number of aromatic nitrogens is 2. The fourth-order valence-electron chi connectivity index (χ4n) is 5.08. The van der Waals surface area contributed by atoms with Crippen LogP contribution < -0.4 is 20.5 Å². The topological polar surface area (TPSA) is 120 Å². The van der Waals surface area contributed by atoms with Gasteiger partial charge in [-0.15, -0.1) is 0 Å². The van der Waals surface area contributed by atoms with Gasteiger partial charge in [0.2, 0.25) is 5.91 Å². The Labute approximate surface area is 250 Å². The minimum atomic E-state index is -0.610. The van der Waals surface area contributed by atoms with Crippen molar-refractivity contribution in [1.82, 2.24) is 9.78 Å². The molecule has 1 amide bonds. The van der Waals surface area contributed by atoms with Crippen molar-refractivity contribution >= 4 is 29.5 Å². The SMILES string of the molecule is CCOC(=O)c1nn(-c2ccc(OCc3ccccc3)cc2)c(C=O)c1CCN(N)c1ccc(N2CCCCC2=O)cc1. The van der Waals surface area contributed by atoms with Crippen LogP contribution in [0.1, 0.15) is 58.3 Å². The number of hydrogen-bond acceptors (Lipinski definition) is 8. The van der Waals surface area contributed by atoms with E-state index in [1.54, 1.807) is 41.1 Å². The lowest BCUT2D eigenvalue weighted by molar-refractivity contribution is -0.119. The molecule has 222 valence electrons. The number of nitrogens with two attached hydrogens (primary N) is 1. The van der Waals surface area contributed by atoms with Gasteiger partial charge in [0.25, 0.3) is 0 Å². The lowest BCUT2D eigenvalue weighted by Crippen LogP contribution is -2.35. The summed E-state index contributed by atoms with van der Waals surface area (Å²) in [5, 5.41) is 6.03. The number of hydrazine groups is 1. The number of hydrogen-bond donors (Lipinski definition) is 1. The average Bonchev–Trinajstić information content (AvgIpc) is 3.42. The van der Waals surface area contributed by atoms with Gasteiger partial charge in [-0.3, -0.25) is 9.59 Å². The monoisotopic (exact) mass is 581 g/mol. The maximum absolute atomic E-state index is 12.9. The molecule has 1 aliphatic rings. The lowest BCUT2D eigenvalue weighted by Gasteiger charge is -2.27. The second-order valence-corrected chi connectivity index (χ2v) is 10.2. The minimum Gasteiger partial charge on any atom is -0.489 e. The van der Waals surface area contributed by atoms with Crippen LogP contribution in [0.25, 0.3) is 5.69 Å². The second-order valence-electron chi connectivity index (χ2n) is 10.2. The molecule has 0 bridgehead atoms. The van der Waals surface area contributed by atoms with Gasteiger partial charge >= 0.3 is 5.97 Å². The van der Waals surface area contributed by atoms with E-state index in [0.717, 1.165) is 29.8 Å². The smallest absolute Gasteiger partial charge is 0.359 e. The van der Waals surface area contributed by atoms with E-state index in [0.29, 0.717) is 49.4 Å². The van der Waals surface area contributed by atoms with Gasteiger partial charge in [0.05, 0.1) is 18.0 Å². The molecule has 10 nitrogen and oxygen atoms in total. The van der Waals surface area contributed by atoms with Crippen LogP contribution in [0.2, 0.25) is 0 Å². The van der Waals surface area contributed by atoms with Gasteiger partial charge in [-0.25, -0.2) is 15.3 Å². The van der Waals surface area contributed by atoms with Crippen LogP contribution >= 0.6 is 0 Å². The number of carbonyl (C=O) groups excluding carboxylic acids is 3. The van der Waals surface area contributed by atoms with E-state index in [1.807, 2.05) is 54.6 Å². The Hall–Kier alpha value is -4.96. The number of piperidine rings is 1. The van der Waals surface area contributed by atoms with Crippen LogP contribution in [-0.4, -0.2) is 47.6 Å². The van der Waals surface area contributed by atoms with E-state index in [4.69, 9.17) is 15.3 Å². The highest BCUT2D eigenvalue weighted by Gasteiger charge is 2.25. The third kappa shape index (κ3) is 6.92. The molecule has 10 heteroatoms. The van der Waals surface area contributed by atoms with Crippen LogP contribution in [-0.2, 0) is 22.6 Å². The molecule has 0 aliphatic carbocycles. The normalized spacial score (nSPS) is 13.1. The van der Waals surface area contributed by atoms with E-state index in [9.17, 15) is 14.4 Å². The first kappa shape index (κ1) is 29.5. The van der Waals surface area contributed by atoms with Crippen molar-refractivity contribution in [3.8, 4) is 11.4 Å². The fourth-order valence-corrected chi connectivity index (χ4v) is 5.08. The molecule has 0 atom stereocenters. The van der Waals surface area contributed by atoms with Gasteiger partial charge in [-0.2, -0.15) is 5.10 Å². The number of benzene rings is 3. The van der Waals surface area contributed by atoms with E-state index in [2.05, 4.69) is 5.10 Å². The minimum absolute atomic E-state index is 0.0701. The van der Waals surface area contributed by atoms with Gasteiger partial charge in [-0.1, -0.05) is 30.3 Å². The molecule has 43 heavy (non-hydrogen) atoms. The Balaban J connectivity index is 1.33. The third-order valence-corrected chi connectivity index (χ3v) is 7.35. The number of nitrogens with zero attached hydrogens (tertiary/aromatic N) is 4. The Morgan fingerprint density at radius 2 is 1.72 bits per heavy atom. The zero-order valence-corrected chi connectivity index (χ0v) is 24.1. The number of ether oxygens (including phenoxy) is 2. The summed E-state index contributed by atoms with van der Waals surface area (Å²) in [4.78, 5) is 39.3. The quantitative estimate of drug-likeness (QED) is 0.109. The number of rotatable bonds is 12. The molecular weight excluding hydrogens is 546 g/mol. The predicted molar refractivity (Wildman–Crippen MR) is 164 cm³/mol. The molecular formula is C33H35N5O5. The number of aldehydes is 1. The Kier molecular flexibility index (Phi) is 9.48. The second kappa shape index (κ2) is 13.8. The average molecular weight is 582 g/mol. The molecule has 2 heterocycles. The largest absolute Gasteiger partial charge is 0.489 e. The maximum atomic E-state index is 12.9. The van der Waals surface area contributed by atoms with Gasteiger partial charge < -0.3 is 19.4 Å². The van der Waals surface area contributed by atoms with E-state index >= 15 is 0 Å². The zero-order valence-electron chi connectivity index (χ0n) is 24.1. The highest BCUT2D eigenvalue weighted by molar-refractivity contribution is 5.94. The fraction of sp³-hybridized carbons (Fsp3) is 0.273. The van der Waals surface area contributed by atoms with Gasteiger partial charge in [0.1, 0.15) is 18.1 Å². The first-order valence-electron chi connectivity index (χ1n) is 14.4. The van der Waals surface area contributed by atoms with Crippen molar-refractivity contribution in [3.63, 3.8) is 0 Å². The van der Waals surface area contributed by atoms with Gasteiger partial charge in [0, 0.05) is 30.8 Å². The number of esters is 1. The van der Waals surface area contributed by atoms with Crippen LogP contribution in [0.3, 0.4) is 0 Å². The van der Waals surface area contributed by atoms with Crippen LogP contribution in [0, 0.1) is 0 Å². The summed E-state index contributed by atoms with van der Waals surface area (Å²) in [6.07, 6.45) is 3.43. The molecule has 5 rings (SSSR count). The van der Waals surface area contributed by atoms with E-state index < -0.39 is 5.97 Å². The number of amides is 1. The van der Waals surface area contributed by atoms with Crippen molar-refractivity contribution in [2.75, 3.05) is 29.6 Å². The summed E-state index contributed by atoms with van der Waals surface area (Å²) < 4.78 is 12.6. The highest BCUT2D eigenvalue weighted by Crippen LogP contribution is 2.25. The summed E-state index contributed by atoms with van der Waals surface area (Å²) in [6, 6.07) is 24.5. The molecule has 1 saturated heterocycles. The maximum Gasteiger partial charge on any atom is 0.359 e. The Morgan fingerprint density at radius 3 is 2.40 bits per heavy atom. The summed E-state index contributed by atoms with van der Waals surface area (Å²) in [5.41, 5.74) is 3.98. The van der Waals surface area contributed by atoms with Crippen LogP contribution in [0.4, 0.5) is 11.4 Å². The third-order valence-electron chi connectivity index (χ3n) is 7.35. The predicted octanol–water partition coefficient (Wildman–Crippen LogP) is 4.88. The van der Waals surface area contributed by atoms with Crippen LogP contribution in [0.15, 0.2) is 78.9 Å². The van der Waals surface area contributed by atoms with Crippen molar-refractivity contribution in [1.29, 1.82) is 0 Å². The standard InChI is InChI=1S/C33H35N5O5/c1-2-42-33(41)32-29(19-21-37(34)26-13-11-25(12-14-26)36-20-7-6-10-31(36)40)30(22-39)38(35-32)27-15-17-28(18-16-27)43-23-24-8-4-3-5-9-24/h3-5,8-9,11-18,22H,2,6-7,10,19-21,23,34H2,1H3. The zero-order chi connectivity index (χ0) is 30.2. The highest BCUT2D eigenvalue weighted by atomic mass is 16.5. The molecule has 1 fully saturated rings. The Morgan fingerprint density at radius 1 is 1.00 bits per heavy atom. The van der Waals surface area contributed by atoms with Crippen molar-refractivity contribution < 1.29 is 23.9 Å². The number of anilines is 2. The molecule has 0 spiro atoms. The van der Waals surface area contributed by atoms with E-state index in [1.165, 1.54) is 4.68 Å². The molecule has 4 aromatic rings. The molecule has 2 N–H and O–H groups in total. The first-order chi connectivity index (χ1) is 21.0. The summed E-state index contributed by atoms with van der Waals surface area (Å²) >= 11 is 0. The van der Waals surface area contributed by atoms with Crippen molar-refractivity contribution in [3.05, 3.63) is 101 Å². The summed E-state index contributed by atoms with van der Waals surface area (Å²) in [7, 11) is 0. The molecule has 0 saturated carbocycles. The molecule has 3 aromatic carbocycles. The van der Waals surface area contributed by atoms with Gasteiger partial charge in [-0.05, 0) is 80.3 Å². The molecule has 0 unspecified atom stereocenters. The summed E-state index contributed by atoms with van der Waals surface area (Å²) in [5.74, 6) is 6.56. The van der Waals surface area contributed by atoms with Gasteiger partial charge in [0.15, 0.2) is 12.0 Å². The van der Waals surface area contributed by atoms with Crippen LogP contribution in [0.5, 0.6) is 5.75 Å². The summed E-state index contributed by atoms with van der Waals surface area (Å²) in [6.45, 7) is 3.32. The lowest BCUT2D eigenvalue weighted by atomic mass is 10.1. The first-order valence-corrected chi connectivity index (χ1v) is 14.4. The Bertz CT molecular complexity index is 1550. The van der Waals surface area contributed by atoms with Crippen molar-refractivity contribution in [2.45, 2.75) is 39.2 Å². The van der Waals surface area contributed by atoms with Crippen molar-refractivity contribution in [2.24, 2.45) is 5.84 Å². The molecule has 1 aliphatic heterocycles. The molecule has 0 radical (unpaired) electrons.